The molecule has 0 saturated carbocycles. The number of aryl methyl sites for hydroxylation is 1. The lowest BCUT2D eigenvalue weighted by Gasteiger charge is -2.26. The van der Waals surface area contributed by atoms with Gasteiger partial charge in [0.05, 0.1) is 24.4 Å². The van der Waals surface area contributed by atoms with Crippen LogP contribution in [0.3, 0.4) is 0 Å². The molecular weight excluding hydrogens is 350 g/mol. The molecular formula is C23H23N3O2. The zero-order valence-electron chi connectivity index (χ0n) is 16.1. The van der Waals surface area contributed by atoms with E-state index in [0.717, 1.165) is 36.3 Å². The van der Waals surface area contributed by atoms with Gasteiger partial charge in [-0.1, -0.05) is 42.5 Å². The molecule has 1 aliphatic heterocycles. The average Bonchev–Trinajstić information content (AvgIpc) is 3.24. The van der Waals surface area contributed by atoms with E-state index < -0.39 is 0 Å². The minimum atomic E-state index is -0.0239. The molecule has 0 bridgehead atoms. The summed E-state index contributed by atoms with van der Waals surface area (Å²) in [6.45, 7) is 2.57. The van der Waals surface area contributed by atoms with Crippen LogP contribution in [0, 0.1) is 6.92 Å². The summed E-state index contributed by atoms with van der Waals surface area (Å²) >= 11 is 0. The second-order valence-electron chi connectivity index (χ2n) is 6.98. The minimum Gasteiger partial charge on any atom is -0.497 e. The predicted molar refractivity (Wildman–Crippen MR) is 108 cm³/mol. The number of nitrogens with zero attached hydrogens (tertiary/aromatic N) is 3. The third-order valence-corrected chi connectivity index (χ3v) is 5.18. The molecule has 0 unspecified atom stereocenters. The molecule has 2 aromatic carbocycles. The largest absolute Gasteiger partial charge is 0.497 e. The highest BCUT2D eigenvalue weighted by Gasteiger charge is 2.32. The molecule has 3 aromatic rings. The average molecular weight is 373 g/mol. The first-order chi connectivity index (χ1) is 13.7. The Kier molecular flexibility index (Phi) is 5.06. The number of benzene rings is 2. The van der Waals surface area contributed by atoms with Crippen LogP contribution in [0.4, 0.5) is 0 Å². The van der Waals surface area contributed by atoms with Gasteiger partial charge in [0, 0.05) is 18.3 Å². The maximum Gasteiger partial charge on any atom is 0.258 e. The first-order valence-electron chi connectivity index (χ1n) is 9.51. The predicted octanol–water partition coefficient (Wildman–Crippen LogP) is 4.44. The number of rotatable bonds is 4. The summed E-state index contributed by atoms with van der Waals surface area (Å²) in [4.78, 5) is 24.3. The highest BCUT2D eigenvalue weighted by molar-refractivity contribution is 6.00. The number of amides is 1. The van der Waals surface area contributed by atoms with E-state index in [1.807, 2.05) is 60.4 Å². The summed E-state index contributed by atoms with van der Waals surface area (Å²) in [5, 5.41) is 0. The fourth-order valence-electron chi connectivity index (χ4n) is 3.80. The number of carbonyl (C=O) groups excluding carboxylic acids is 1. The van der Waals surface area contributed by atoms with Crippen molar-refractivity contribution in [2.24, 2.45) is 0 Å². The third kappa shape index (κ3) is 3.48. The van der Waals surface area contributed by atoms with Gasteiger partial charge in [0.2, 0.25) is 0 Å². The smallest absolute Gasteiger partial charge is 0.258 e. The molecule has 142 valence electrons. The quantitative estimate of drug-likeness (QED) is 0.678. The molecule has 1 aromatic heterocycles. The molecule has 2 heterocycles. The van der Waals surface area contributed by atoms with Crippen molar-refractivity contribution in [1.82, 2.24) is 14.9 Å². The van der Waals surface area contributed by atoms with Gasteiger partial charge in [0.15, 0.2) is 0 Å². The van der Waals surface area contributed by atoms with Gasteiger partial charge in [-0.25, -0.2) is 9.97 Å². The van der Waals surface area contributed by atoms with Crippen molar-refractivity contribution in [2.75, 3.05) is 13.7 Å². The molecule has 1 fully saturated rings. The van der Waals surface area contributed by atoms with Gasteiger partial charge in [-0.2, -0.15) is 0 Å². The molecule has 1 saturated heterocycles. The summed E-state index contributed by atoms with van der Waals surface area (Å²) < 4.78 is 5.36. The molecule has 0 aliphatic carbocycles. The second kappa shape index (κ2) is 7.80. The van der Waals surface area contributed by atoms with E-state index in [1.165, 1.54) is 0 Å². The van der Waals surface area contributed by atoms with Gasteiger partial charge >= 0.3 is 0 Å². The zero-order valence-corrected chi connectivity index (χ0v) is 16.1. The molecule has 5 heteroatoms. The molecule has 0 radical (unpaired) electrons. The van der Waals surface area contributed by atoms with Crippen molar-refractivity contribution in [3.05, 3.63) is 77.7 Å². The topological polar surface area (TPSA) is 55.3 Å². The molecule has 28 heavy (non-hydrogen) atoms. The van der Waals surface area contributed by atoms with Gasteiger partial charge in [0.25, 0.3) is 5.91 Å². The van der Waals surface area contributed by atoms with Crippen LogP contribution in [0.15, 0.2) is 60.8 Å². The van der Waals surface area contributed by atoms with E-state index in [1.54, 1.807) is 13.3 Å². The third-order valence-electron chi connectivity index (χ3n) is 5.18. The Morgan fingerprint density at radius 2 is 1.96 bits per heavy atom. The van der Waals surface area contributed by atoms with Crippen molar-refractivity contribution >= 4 is 5.91 Å². The summed E-state index contributed by atoms with van der Waals surface area (Å²) in [6, 6.07) is 17.8. The zero-order chi connectivity index (χ0) is 19.5. The van der Waals surface area contributed by atoms with Crippen LogP contribution in [0.2, 0.25) is 0 Å². The number of likely N-dealkylation sites (tertiary alicyclic amines) is 1. The maximum atomic E-state index is 13.5. The maximum absolute atomic E-state index is 13.5. The number of hydrogen-bond acceptors (Lipinski definition) is 4. The normalized spacial score (nSPS) is 16.2. The summed E-state index contributed by atoms with van der Waals surface area (Å²) in [5.41, 5.74) is 3.26. The number of methoxy groups -OCH3 is 1. The summed E-state index contributed by atoms with van der Waals surface area (Å²) in [6.07, 6.45) is 3.57. The van der Waals surface area contributed by atoms with Gasteiger partial charge in [0.1, 0.15) is 11.6 Å². The fourth-order valence-corrected chi connectivity index (χ4v) is 3.80. The Balaban J connectivity index is 1.71. The lowest BCUT2D eigenvalue weighted by molar-refractivity contribution is 0.0735. The molecule has 0 N–H and O–H groups in total. The van der Waals surface area contributed by atoms with E-state index in [9.17, 15) is 4.79 Å². The second-order valence-corrected chi connectivity index (χ2v) is 6.98. The highest BCUT2D eigenvalue weighted by Crippen LogP contribution is 2.35. The van der Waals surface area contributed by atoms with Crippen LogP contribution >= 0.6 is 0 Å². The summed E-state index contributed by atoms with van der Waals surface area (Å²) in [5.74, 6) is 1.44. The van der Waals surface area contributed by atoms with E-state index in [2.05, 4.69) is 16.0 Å². The number of ether oxygens (including phenoxy) is 1. The van der Waals surface area contributed by atoms with Crippen molar-refractivity contribution in [2.45, 2.75) is 25.8 Å². The monoisotopic (exact) mass is 373 g/mol. The van der Waals surface area contributed by atoms with Gasteiger partial charge < -0.3 is 9.64 Å². The van der Waals surface area contributed by atoms with Crippen molar-refractivity contribution in [3.63, 3.8) is 0 Å². The van der Waals surface area contributed by atoms with Crippen LogP contribution in [-0.2, 0) is 0 Å². The number of aromatic nitrogens is 2. The first kappa shape index (κ1) is 18.2. The van der Waals surface area contributed by atoms with E-state index in [0.29, 0.717) is 17.1 Å². The van der Waals surface area contributed by atoms with Crippen LogP contribution in [0.5, 0.6) is 5.75 Å². The highest BCUT2D eigenvalue weighted by atomic mass is 16.5. The van der Waals surface area contributed by atoms with E-state index in [4.69, 9.17) is 4.74 Å². The van der Waals surface area contributed by atoms with Crippen LogP contribution in [-0.4, -0.2) is 34.4 Å². The van der Waals surface area contributed by atoms with Gasteiger partial charge in [-0.3, -0.25) is 4.79 Å². The fraction of sp³-hybridized carbons (Fsp3) is 0.261. The van der Waals surface area contributed by atoms with Crippen molar-refractivity contribution in [3.8, 4) is 17.0 Å². The first-order valence-corrected chi connectivity index (χ1v) is 9.51. The van der Waals surface area contributed by atoms with Crippen LogP contribution in [0.25, 0.3) is 11.3 Å². The molecule has 1 aliphatic rings. The van der Waals surface area contributed by atoms with Gasteiger partial charge in [-0.15, -0.1) is 0 Å². The Morgan fingerprint density at radius 3 is 2.75 bits per heavy atom. The van der Waals surface area contributed by atoms with E-state index in [-0.39, 0.29) is 11.9 Å². The van der Waals surface area contributed by atoms with Crippen LogP contribution in [0.1, 0.15) is 40.6 Å². The lowest BCUT2D eigenvalue weighted by atomic mass is 10.0. The molecule has 1 atom stereocenters. The minimum absolute atomic E-state index is 0.0239. The summed E-state index contributed by atoms with van der Waals surface area (Å²) in [7, 11) is 1.66. The molecule has 0 spiro atoms. The molecule has 1 amide bonds. The van der Waals surface area contributed by atoms with Crippen molar-refractivity contribution in [1.29, 1.82) is 0 Å². The Morgan fingerprint density at radius 1 is 1.14 bits per heavy atom. The van der Waals surface area contributed by atoms with Crippen LogP contribution < -0.4 is 4.74 Å². The van der Waals surface area contributed by atoms with Gasteiger partial charge in [-0.05, 0) is 37.5 Å². The Hall–Kier alpha value is -3.21. The standard InChI is InChI=1S/C23H23N3O2/c1-16-24-15-20(22(25-16)17-8-4-3-5-9-17)23(27)26-13-7-12-21(26)18-10-6-11-19(14-18)28-2/h3-6,8-11,14-15,21H,7,12-13H2,1-2H3/t21-/m1/s1. The SMILES string of the molecule is COc1cccc([C@H]2CCCN2C(=O)c2cnc(C)nc2-c2ccccc2)c1. The number of carbonyl (C=O) groups is 1. The molecule has 4 rings (SSSR count). The lowest BCUT2D eigenvalue weighted by Crippen LogP contribution is -2.31. The van der Waals surface area contributed by atoms with E-state index >= 15 is 0 Å². The number of hydrogen-bond donors (Lipinski definition) is 0. The Bertz CT molecular complexity index is 988. The van der Waals surface area contributed by atoms with Crippen molar-refractivity contribution < 1.29 is 9.53 Å². The Labute approximate surface area is 165 Å². The molecule has 5 nitrogen and oxygen atoms in total.